The third-order valence-electron chi connectivity index (χ3n) is 2.88. The zero-order chi connectivity index (χ0) is 16.2. The van der Waals surface area contributed by atoms with Crippen molar-refractivity contribution in [3.8, 4) is 17.5 Å². The van der Waals surface area contributed by atoms with Gasteiger partial charge in [-0.05, 0) is 40.9 Å². The van der Waals surface area contributed by atoms with E-state index in [0.29, 0.717) is 22.0 Å². The molecule has 1 aromatic carbocycles. The van der Waals surface area contributed by atoms with E-state index in [-0.39, 0.29) is 18.3 Å². The van der Waals surface area contributed by atoms with Crippen LogP contribution in [0.2, 0.25) is 0 Å². The monoisotopic (exact) mass is 328 g/mol. The zero-order valence-electron chi connectivity index (χ0n) is 11.6. The number of nitrogens with one attached hydrogen (secondary N) is 1. The molecule has 2 aromatic heterocycles. The van der Waals surface area contributed by atoms with Gasteiger partial charge < -0.3 is 5.32 Å². The molecule has 1 N–H and O–H groups in total. The number of amides is 1. The molecular formula is C14H9FN6OS. The van der Waals surface area contributed by atoms with Crippen molar-refractivity contribution in [3.05, 3.63) is 47.1 Å². The Morgan fingerprint density at radius 3 is 2.87 bits per heavy atom. The second-order valence-electron chi connectivity index (χ2n) is 4.47. The van der Waals surface area contributed by atoms with Gasteiger partial charge in [-0.25, -0.2) is 4.39 Å². The predicted octanol–water partition coefficient (Wildman–Crippen LogP) is 2.05. The fourth-order valence-corrected chi connectivity index (χ4v) is 2.57. The van der Waals surface area contributed by atoms with Gasteiger partial charge in [-0.3, -0.25) is 4.79 Å². The van der Waals surface area contributed by atoms with Gasteiger partial charge in [0.2, 0.25) is 11.7 Å². The van der Waals surface area contributed by atoms with Crippen molar-refractivity contribution in [1.82, 2.24) is 20.2 Å². The van der Waals surface area contributed by atoms with Crippen LogP contribution in [0.1, 0.15) is 5.56 Å². The molecule has 1 amide bonds. The second-order valence-corrected chi connectivity index (χ2v) is 5.39. The smallest absolute Gasteiger partial charge is 0.248 e. The Balaban J connectivity index is 1.68. The van der Waals surface area contributed by atoms with Crippen LogP contribution in [-0.4, -0.2) is 26.1 Å². The summed E-state index contributed by atoms with van der Waals surface area (Å²) in [5.41, 5.74) is 1.00. The second kappa shape index (κ2) is 6.33. The Labute approximate surface area is 134 Å². The summed E-state index contributed by atoms with van der Waals surface area (Å²) < 4.78 is 12.9. The predicted molar refractivity (Wildman–Crippen MR) is 80.9 cm³/mol. The molecule has 3 aromatic rings. The minimum Gasteiger partial charge on any atom is -0.315 e. The maximum atomic E-state index is 12.9. The standard InChI is InChI=1S/C14H9FN6OS/c15-11-3-1-9(2-4-11)13-18-20-21(19-13)8-12(22)17-14-10(7-16)5-6-23-14/h1-6H,8H2,(H,17,22). The molecule has 0 atom stereocenters. The summed E-state index contributed by atoms with van der Waals surface area (Å²) in [5.74, 6) is -0.427. The highest BCUT2D eigenvalue weighted by Gasteiger charge is 2.12. The number of tetrazole rings is 1. The zero-order valence-corrected chi connectivity index (χ0v) is 12.4. The molecule has 3 rings (SSSR count). The fraction of sp³-hybridized carbons (Fsp3) is 0.0714. The van der Waals surface area contributed by atoms with Crippen LogP contribution in [0.4, 0.5) is 9.39 Å². The quantitative estimate of drug-likeness (QED) is 0.790. The fourth-order valence-electron chi connectivity index (χ4n) is 1.81. The van der Waals surface area contributed by atoms with E-state index in [0.717, 1.165) is 4.80 Å². The van der Waals surface area contributed by atoms with E-state index in [1.807, 2.05) is 6.07 Å². The third-order valence-corrected chi connectivity index (χ3v) is 3.71. The highest BCUT2D eigenvalue weighted by atomic mass is 32.1. The average molecular weight is 328 g/mol. The molecule has 2 heterocycles. The van der Waals surface area contributed by atoms with Crippen molar-refractivity contribution < 1.29 is 9.18 Å². The van der Waals surface area contributed by atoms with Crippen LogP contribution in [0.3, 0.4) is 0 Å². The lowest BCUT2D eigenvalue weighted by atomic mass is 10.2. The molecule has 7 nitrogen and oxygen atoms in total. The maximum Gasteiger partial charge on any atom is 0.248 e. The summed E-state index contributed by atoms with van der Waals surface area (Å²) in [4.78, 5) is 13.1. The topological polar surface area (TPSA) is 96.5 Å². The molecule has 0 aliphatic rings. The molecule has 0 unspecified atom stereocenters. The molecule has 0 radical (unpaired) electrons. The first kappa shape index (κ1) is 14.8. The molecule has 0 bridgehead atoms. The van der Waals surface area contributed by atoms with Crippen LogP contribution in [0.15, 0.2) is 35.7 Å². The van der Waals surface area contributed by atoms with Gasteiger partial charge in [0, 0.05) is 5.56 Å². The molecule has 0 saturated carbocycles. The van der Waals surface area contributed by atoms with Crippen molar-refractivity contribution in [2.24, 2.45) is 0 Å². The molecule has 0 saturated heterocycles. The molecule has 0 aliphatic heterocycles. The average Bonchev–Trinajstić information content (AvgIpc) is 3.17. The Morgan fingerprint density at radius 1 is 1.35 bits per heavy atom. The molecular weight excluding hydrogens is 319 g/mol. The summed E-state index contributed by atoms with van der Waals surface area (Å²) in [6.07, 6.45) is 0. The number of carbonyl (C=O) groups excluding carboxylic acids is 1. The number of hydrogen-bond donors (Lipinski definition) is 1. The lowest BCUT2D eigenvalue weighted by Gasteiger charge is -2.01. The van der Waals surface area contributed by atoms with Crippen LogP contribution in [0, 0.1) is 17.1 Å². The van der Waals surface area contributed by atoms with Crippen molar-refractivity contribution in [2.75, 3.05) is 5.32 Å². The van der Waals surface area contributed by atoms with E-state index in [9.17, 15) is 9.18 Å². The van der Waals surface area contributed by atoms with E-state index in [2.05, 4.69) is 20.7 Å². The molecule has 0 spiro atoms. The van der Waals surface area contributed by atoms with E-state index in [4.69, 9.17) is 5.26 Å². The van der Waals surface area contributed by atoms with E-state index in [1.54, 1.807) is 11.4 Å². The van der Waals surface area contributed by atoms with Gasteiger partial charge in [-0.2, -0.15) is 10.1 Å². The summed E-state index contributed by atoms with van der Waals surface area (Å²) in [6, 6.07) is 9.26. The number of benzene rings is 1. The van der Waals surface area contributed by atoms with E-state index < -0.39 is 0 Å². The van der Waals surface area contributed by atoms with Crippen molar-refractivity contribution in [3.63, 3.8) is 0 Å². The molecule has 114 valence electrons. The number of rotatable bonds is 4. The highest BCUT2D eigenvalue weighted by molar-refractivity contribution is 7.14. The van der Waals surface area contributed by atoms with E-state index in [1.165, 1.54) is 35.6 Å². The Kier molecular flexibility index (Phi) is 4.07. The number of nitrogens with zero attached hydrogens (tertiary/aromatic N) is 5. The molecule has 23 heavy (non-hydrogen) atoms. The normalized spacial score (nSPS) is 10.3. The molecule has 0 aliphatic carbocycles. The Morgan fingerprint density at radius 2 is 2.13 bits per heavy atom. The molecule has 9 heteroatoms. The van der Waals surface area contributed by atoms with E-state index >= 15 is 0 Å². The first-order chi connectivity index (χ1) is 11.2. The van der Waals surface area contributed by atoms with Crippen LogP contribution < -0.4 is 5.32 Å². The van der Waals surface area contributed by atoms with Crippen LogP contribution >= 0.6 is 11.3 Å². The SMILES string of the molecule is N#Cc1ccsc1NC(=O)Cn1nnc(-c2ccc(F)cc2)n1. The van der Waals surface area contributed by atoms with Gasteiger partial charge in [-0.15, -0.1) is 21.5 Å². The van der Waals surface area contributed by atoms with Gasteiger partial charge in [0.25, 0.3) is 0 Å². The minimum absolute atomic E-state index is 0.142. The first-order valence-electron chi connectivity index (χ1n) is 6.47. The number of nitriles is 1. The van der Waals surface area contributed by atoms with Crippen molar-refractivity contribution in [2.45, 2.75) is 6.54 Å². The summed E-state index contributed by atoms with van der Waals surface area (Å²) in [5, 5.41) is 25.4. The number of thiophene rings is 1. The van der Waals surface area contributed by atoms with Gasteiger partial charge in [0.05, 0.1) is 5.56 Å². The van der Waals surface area contributed by atoms with Crippen molar-refractivity contribution in [1.29, 1.82) is 5.26 Å². The Bertz CT molecular complexity index is 879. The minimum atomic E-state index is -0.369. The number of hydrogen-bond acceptors (Lipinski definition) is 6. The summed E-state index contributed by atoms with van der Waals surface area (Å²) in [6.45, 7) is -0.142. The van der Waals surface area contributed by atoms with Crippen LogP contribution in [0.5, 0.6) is 0 Å². The number of aromatic nitrogens is 4. The van der Waals surface area contributed by atoms with Gasteiger partial charge in [0.1, 0.15) is 23.4 Å². The number of anilines is 1. The maximum absolute atomic E-state index is 12.9. The third kappa shape index (κ3) is 3.38. The summed E-state index contributed by atoms with van der Waals surface area (Å²) in [7, 11) is 0. The van der Waals surface area contributed by atoms with Crippen LogP contribution in [-0.2, 0) is 11.3 Å². The van der Waals surface area contributed by atoms with Gasteiger partial charge >= 0.3 is 0 Å². The van der Waals surface area contributed by atoms with Crippen molar-refractivity contribution >= 4 is 22.2 Å². The lowest BCUT2D eigenvalue weighted by molar-refractivity contribution is -0.117. The number of halogens is 1. The van der Waals surface area contributed by atoms with Gasteiger partial charge in [-0.1, -0.05) is 0 Å². The molecule has 0 fully saturated rings. The van der Waals surface area contributed by atoms with Crippen LogP contribution in [0.25, 0.3) is 11.4 Å². The highest BCUT2D eigenvalue weighted by Crippen LogP contribution is 2.22. The largest absolute Gasteiger partial charge is 0.315 e. The first-order valence-corrected chi connectivity index (χ1v) is 7.35. The van der Waals surface area contributed by atoms with Gasteiger partial charge in [0.15, 0.2) is 0 Å². The number of carbonyl (C=O) groups is 1. The Hall–Kier alpha value is -3.12. The summed E-state index contributed by atoms with van der Waals surface area (Å²) >= 11 is 1.26. The lowest BCUT2D eigenvalue weighted by Crippen LogP contribution is -2.20.